The molecule has 92 valence electrons. The predicted molar refractivity (Wildman–Crippen MR) is 60.5 cm³/mol. The Kier molecular flexibility index (Phi) is 3.31. The van der Waals surface area contributed by atoms with Crippen LogP contribution in [0.3, 0.4) is 0 Å². The van der Waals surface area contributed by atoms with Crippen molar-refractivity contribution in [2.45, 2.75) is 19.9 Å². The second-order valence-corrected chi connectivity index (χ2v) is 3.86. The highest BCUT2D eigenvalue weighted by molar-refractivity contribution is 6.00. The van der Waals surface area contributed by atoms with E-state index in [4.69, 9.17) is 9.47 Å². The molecule has 0 radical (unpaired) electrons. The summed E-state index contributed by atoms with van der Waals surface area (Å²) >= 11 is 0. The maximum Gasteiger partial charge on any atom is 0.231 e. The van der Waals surface area contributed by atoms with Crippen LogP contribution < -0.4 is 9.47 Å². The number of hydroxylamine groups is 2. The number of carbonyl (C=O) groups is 1. The van der Waals surface area contributed by atoms with Crippen LogP contribution in [0.25, 0.3) is 0 Å². The van der Waals surface area contributed by atoms with Crippen LogP contribution in [0.1, 0.15) is 24.2 Å². The van der Waals surface area contributed by atoms with Gasteiger partial charge in [-0.2, -0.15) is 5.06 Å². The van der Waals surface area contributed by atoms with E-state index in [2.05, 4.69) is 0 Å². The van der Waals surface area contributed by atoms with Crippen molar-refractivity contribution in [2.75, 3.05) is 13.3 Å². The molecular formula is C12H15NO4. The van der Waals surface area contributed by atoms with Crippen LogP contribution >= 0.6 is 0 Å². The van der Waals surface area contributed by atoms with Gasteiger partial charge in [0.05, 0.1) is 6.04 Å². The number of nitrogens with zero attached hydrogens (tertiary/aromatic N) is 1. The molecule has 0 aliphatic carbocycles. The Morgan fingerprint density at radius 2 is 2.18 bits per heavy atom. The number of Topliss-reactive ketones (excluding diaryl/α,β-unsaturated/α-hetero) is 1. The number of ether oxygens (including phenoxy) is 2. The first-order valence-electron chi connectivity index (χ1n) is 5.53. The Hall–Kier alpha value is -1.59. The molecule has 17 heavy (non-hydrogen) atoms. The molecule has 0 saturated carbocycles. The molecule has 5 heteroatoms. The smallest absolute Gasteiger partial charge is 0.231 e. The summed E-state index contributed by atoms with van der Waals surface area (Å²) in [4.78, 5) is 12.0. The quantitative estimate of drug-likeness (QED) is 0.638. The molecular weight excluding hydrogens is 222 g/mol. The number of fused-ring (bicyclic) bond motifs is 1. The fraction of sp³-hybridized carbons (Fsp3) is 0.417. The number of hydrogen-bond donors (Lipinski definition) is 1. The first-order chi connectivity index (χ1) is 8.13. The van der Waals surface area contributed by atoms with Gasteiger partial charge in [0.1, 0.15) is 0 Å². The van der Waals surface area contributed by atoms with Crippen molar-refractivity contribution < 1.29 is 19.5 Å². The molecule has 0 fully saturated rings. The van der Waals surface area contributed by atoms with Crippen LogP contribution in [0.4, 0.5) is 0 Å². The van der Waals surface area contributed by atoms with E-state index in [1.807, 2.05) is 0 Å². The minimum atomic E-state index is -0.569. The van der Waals surface area contributed by atoms with Gasteiger partial charge in [-0.3, -0.25) is 4.79 Å². The normalized spacial score (nSPS) is 15.1. The fourth-order valence-corrected chi connectivity index (χ4v) is 1.70. The van der Waals surface area contributed by atoms with Crippen LogP contribution in [-0.2, 0) is 0 Å². The van der Waals surface area contributed by atoms with Crippen LogP contribution in [0.2, 0.25) is 0 Å². The lowest BCUT2D eigenvalue weighted by molar-refractivity contribution is -0.105. The van der Waals surface area contributed by atoms with Gasteiger partial charge in [0, 0.05) is 12.1 Å². The van der Waals surface area contributed by atoms with Gasteiger partial charge in [-0.05, 0) is 25.1 Å². The summed E-state index contributed by atoms with van der Waals surface area (Å²) in [5.74, 6) is 1.07. The molecule has 1 aliphatic rings. The minimum Gasteiger partial charge on any atom is -0.454 e. The molecule has 0 aromatic heterocycles. The lowest BCUT2D eigenvalue weighted by Gasteiger charge is -2.19. The zero-order valence-corrected chi connectivity index (χ0v) is 9.84. The summed E-state index contributed by atoms with van der Waals surface area (Å²) in [5, 5.41) is 10.5. The number of ketones is 1. The number of carbonyl (C=O) groups excluding carboxylic acids is 1. The molecule has 0 spiro atoms. The second-order valence-electron chi connectivity index (χ2n) is 3.86. The molecule has 1 aromatic rings. The summed E-state index contributed by atoms with van der Waals surface area (Å²) < 4.78 is 10.4. The van der Waals surface area contributed by atoms with Crippen LogP contribution in [0.15, 0.2) is 18.2 Å². The fourth-order valence-electron chi connectivity index (χ4n) is 1.70. The highest BCUT2D eigenvalue weighted by atomic mass is 16.7. The van der Waals surface area contributed by atoms with E-state index in [-0.39, 0.29) is 12.6 Å². The van der Waals surface area contributed by atoms with Gasteiger partial charge >= 0.3 is 0 Å². The lowest BCUT2D eigenvalue weighted by Crippen LogP contribution is -2.36. The van der Waals surface area contributed by atoms with E-state index in [0.717, 1.165) is 5.06 Å². The molecule has 1 atom stereocenters. The molecule has 2 rings (SSSR count). The standard InChI is InChI=1S/C12H15NO4/c1-3-13(15)8(2)12(14)9-4-5-10-11(6-9)17-7-16-10/h4-6,8,15H,3,7H2,1-2H3. The molecule has 0 saturated heterocycles. The van der Waals surface area contributed by atoms with Crippen molar-refractivity contribution in [2.24, 2.45) is 0 Å². The average molecular weight is 237 g/mol. The van der Waals surface area contributed by atoms with Crippen LogP contribution in [-0.4, -0.2) is 35.4 Å². The zero-order valence-electron chi connectivity index (χ0n) is 9.84. The highest BCUT2D eigenvalue weighted by Crippen LogP contribution is 2.32. The number of likely N-dealkylation sites (N-methyl/N-ethyl adjacent to an activating group) is 1. The second kappa shape index (κ2) is 4.73. The molecule has 1 aliphatic heterocycles. The third-order valence-electron chi connectivity index (χ3n) is 2.81. The number of rotatable bonds is 4. The Labute approximate surface area is 99.5 Å². The largest absolute Gasteiger partial charge is 0.454 e. The van der Waals surface area contributed by atoms with Gasteiger partial charge in [-0.15, -0.1) is 0 Å². The molecule has 1 N–H and O–H groups in total. The monoisotopic (exact) mass is 237 g/mol. The van der Waals surface area contributed by atoms with Gasteiger partial charge in [0.25, 0.3) is 0 Å². The van der Waals surface area contributed by atoms with Crippen molar-refractivity contribution in [3.8, 4) is 11.5 Å². The predicted octanol–water partition coefficient (Wildman–Crippen LogP) is 1.70. The van der Waals surface area contributed by atoms with E-state index in [1.54, 1.807) is 32.0 Å². The maximum atomic E-state index is 12.0. The summed E-state index contributed by atoms with van der Waals surface area (Å²) in [6.45, 7) is 4.03. The molecule has 1 unspecified atom stereocenters. The van der Waals surface area contributed by atoms with E-state index in [9.17, 15) is 10.0 Å². The lowest BCUT2D eigenvalue weighted by atomic mass is 10.0. The van der Waals surface area contributed by atoms with E-state index >= 15 is 0 Å². The molecule has 0 bridgehead atoms. The minimum absolute atomic E-state index is 0.146. The third kappa shape index (κ3) is 2.25. The first kappa shape index (κ1) is 11.9. The van der Waals surface area contributed by atoms with Crippen LogP contribution in [0, 0.1) is 0 Å². The van der Waals surface area contributed by atoms with Crippen molar-refractivity contribution in [3.05, 3.63) is 23.8 Å². The van der Waals surface area contributed by atoms with Gasteiger partial charge < -0.3 is 14.7 Å². The summed E-state index contributed by atoms with van der Waals surface area (Å²) in [6, 6.07) is 4.46. The summed E-state index contributed by atoms with van der Waals surface area (Å²) in [6.07, 6.45) is 0. The van der Waals surface area contributed by atoms with E-state index in [1.165, 1.54) is 0 Å². The average Bonchev–Trinajstić information content (AvgIpc) is 2.83. The van der Waals surface area contributed by atoms with E-state index in [0.29, 0.717) is 23.6 Å². The van der Waals surface area contributed by atoms with Gasteiger partial charge in [-0.1, -0.05) is 6.92 Å². The summed E-state index contributed by atoms with van der Waals surface area (Å²) in [7, 11) is 0. The van der Waals surface area contributed by atoms with Gasteiger partial charge in [-0.25, -0.2) is 0 Å². The van der Waals surface area contributed by atoms with Crippen molar-refractivity contribution in [1.29, 1.82) is 0 Å². The number of benzene rings is 1. The third-order valence-corrected chi connectivity index (χ3v) is 2.81. The Bertz CT molecular complexity index is 433. The Balaban J connectivity index is 2.20. The van der Waals surface area contributed by atoms with Crippen molar-refractivity contribution in [3.63, 3.8) is 0 Å². The molecule has 0 amide bonds. The van der Waals surface area contributed by atoms with Gasteiger partial charge in [0.2, 0.25) is 6.79 Å². The molecule has 5 nitrogen and oxygen atoms in total. The molecule has 1 heterocycles. The Morgan fingerprint density at radius 1 is 1.47 bits per heavy atom. The van der Waals surface area contributed by atoms with Gasteiger partial charge in [0.15, 0.2) is 17.3 Å². The maximum absolute atomic E-state index is 12.0. The SMILES string of the molecule is CCN(O)C(C)C(=O)c1ccc2c(c1)OCO2. The van der Waals surface area contributed by atoms with Crippen LogP contribution in [0.5, 0.6) is 11.5 Å². The molecule has 1 aromatic carbocycles. The first-order valence-corrected chi connectivity index (χ1v) is 5.53. The Morgan fingerprint density at radius 3 is 2.88 bits per heavy atom. The zero-order chi connectivity index (χ0) is 12.4. The van der Waals surface area contributed by atoms with Crippen molar-refractivity contribution in [1.82, 2.24) is 5.06 Å². The van der Waals surface area contributed by atoms with E-state index < -0.39 is 6.04 Å². The van der Waals surface area contributed by atoms with Crippen molar-refractivity contribution >= 4 is 5.78 Å². The summed E-state index contributed by atoms with van der Waals surface area (Å²) in [5.41, 5.74) is 0.509. The topological polar surface area (TPSA) is 59.0 Å². The highest BCUT2D eigenvalue weighted by Gasteiger charge is 2.22. The number of hydrogen-bond acceptors (Lipinski definition) is 5.